The van der Waals surface area contributed by atoms with E-state index < -0.39 is 29.9 Å². The molecule has 2 aliphatic heterocycles. The van der Waals surface area contributed by atoms with Gasteiger partial charge in [-0.05, 0) is 49.8 Å². The second-order valence-electron chi connectivity index (χ2n) is 11.0. The zero-order valence-electron chi connectivity index (χ0n) is 25.6. The summed E-state index contributed by atoms with van der Waals surface area (Å²) in [6.07, 6.45) is 0.849. The van der Waals surface area contributed by atoms with Crippen molar-refractivity contribution in [1.82, 2.24) is 25.0 Å². The normalized spacial score (nSPS) is 17.1. The zero-order valence-corrected chi connectivity index (χ0v) is 26.4. The molecule has 2 atom stereocenters. The second-order valence-corrected chi connectivity index (χ2v) is 12.0. The number of aromatic nitrogens is 1. The molecule has 0 aliphatic carbocycles. The van der Waals surface area contributed by atoms with E-state index in [1.807, 2.05) is 22.4 Å². The van der Waals surface area contributed by atoms with Crippen molar-refractivity contribution in [1.29, 1.82) is 0 Å². The predicted octanol–water partition coefficient (Wildman–Crippen LogP) is 3.30. The summed E-state index contributed by atoms with van der Waals surface area (Å²) in [7, 11) is 0. The number of piperazine rings is 1. The van der Waals surface area contributed by atoms with Crippen LogP contribution in [-0.2, 0) is 19.1 Å². The highest BCUT2D eigenvalue weighted by atomic mass is 32.1. The molecule has 244 valence electrons. The predicted molar refractivity (Wildman–Crippen MR) is 169 cm³/mol. The van der Waals surface area contributed by atoms with Crippen molar-refractivity contribution in [3.63, 3.8) is 0 Å². The maximum atomic E-state index is 13.5. The van der Waals surface area contributed by atoms with Crippen molar-refractivity contribution in [2.45, 2.75) is 44.7 Å². The number of ether oxygens (including phenoxy) is 2. The van der Waals surface area contributed by atoms with Crippen LogP contribution in [0.15, 0.2) is 47.8 Å². The largest absolute Gasteiger partial charge is 0.483 e. The number of nitrogens with one attached hydrogen (secondary N) is 1. The molecule has 4 amide bonds. The van der Waals surface area contributed by atoms with Crippen molar-refractivity contribution in [3.8, 4) is 5.75 Å². The number of aliphatic carboxylic acids is 1. The Morgan fingerprint density at radius 2 is 1.80 bits per heavy atom. The number of pyridine rings is 1. The highest BCUT2D eigenvalue weighted by Crippen LogP contribution is 2.34. The first-order valence-corrected chi connectivity index (χ1v) is 16.2. The fourth-order valence-electron chi connectivity index (χ4n) is 5.75. The smallest absolute Gasteiger partial charge is 0.409 e. The number of carbonyl (C=O) groups excluding carboxylic acids is 4. The molecule has 46 heavy (non-hydrogen) atoms. The first kappa shape index (κ1) is 32.7. The summed E-state index contributed by atoms with van der Waals surface area (Å²) in [5, 5.41) is 14.6. The molecule has 14 heteroatoms. The van der Waals surface area contributed by atoms with Crippen LogP contribution in [0, 0.1) is 0 Å². The number of nitrogens with zero attached hydrogens (tertiary/aromatic N) is 4. The monoisotopic (exact) mass is 651 g/mol. The number of carbonyl (C=O) groups is 5. The molecule has 2 fully saturated rings. The third-order valence-corrected chi connectivity index (χ3v) is 9.05. The Bertz CT molecular complexity index is 1570. The molecule has 2 N–H and O–H groups in total. The summed E-state index contributed by atoms with van der Waals surface area (Å²) in [6, 6.07) is 11.4. The van der Waals surface area contributed by atoms with Crippen molar-refractivity contribution >= 4 is 52.0 Å². The molecule has 2 aliphatic rings. The van der Waals surface area contributed by atoms with Gasteiger partial charge in [-0.1, -0.05) is 18.2 Å². The Labute approximate surface area is 270 Å². The van der Waals surface area contributed by atoms with Crippen LogP contribution < -0.4 is 10.1 Å². The number of amides is 4. The Kier molecular flexibility index (Phi) is 10.7. The minimum absolute atomic E-state index is 0.0139. The number of likely N-dealkylation sites (tertiary alicyclic amines) is 1. The quantitative estimate of drug-likeness (QED) is 0.317. The molecular formula is C32H37N5O8S. The van der Waals surface area contributed by atoms with Crippen LogP contribution in [0.25, 0.3) is 10.9 Å². The number of fused-ring (bicyclic) bond motifs is 1. The summed E-state index contributed by atoms with van der Waals surface area (Å²) < 4.78 is 11.1. The van der Waals surface area contributed by atoms with Crippen LogP contribution in [0.2, 0.25) is 0 Å². The van der Waals surface area contributed by atoms with E-state index in [0.717, 1.165) is 17.7 Å². The molecule has 13 nitrogen and oxygen atoms in total. The van der Waals surface area contributed by atoms with Gasteiger partial charge in [-0.15, -0.1) is 11.3 Å². The molecule has 0 bridgehead atoms. The number of para-hydroxylation sites is 1. The highest BCUT2D eigenvalue weighted by molar-refractivity contribution is 7.10. The van der Waals surface area contributed by atoms with Gasteiger partial charge in [0.1, 0.15) is 17.5 Å². The van der Waals surface area contributed by atoms with E-state index >= 15 is 0 Å². The lowest BCUT2D eigenvalue weighted by Crippen LogP contribution is -2.56. The molecule has 2 unspecified atom stereocenters. The van der Waals surface area contributed by atoms with Gasteiger partial charge in [-0.25, -0.2) is 9.78 Å². The minimum Gasteiger partial charge on any atom is -0.483 e. The van der Waals surface area contributed by atoms with Crippen molar-refractivity contribution in [2.75, 3.05) is 45.9 Å². The number of carboxylic acid groups (broad SMARTS) is 1. The topological polar surface area (TPSA) is 159 Å². The summed E-state index contributed by atoms with van der Waals surface area (Å²) in [5.41, 5.74) is 0.415. The van der Waals surface area contributed by atoms with Crippen LogP contribution in [0.4, 0.5) is 4.79 Å². The molecule has 4 heterocycles. The number of hydrogen-bond donors (Lipinski definition) is 2. The van der Waals surface area contributed by atoms with Crippen LogP contribution in [0.3, 0.4) is 0 Å². The number of benzene rings is 1. The number of thiophene rings is 1. The Morgan fingerprint density at radius 1 is 1.04 bits per heavy atom. The van der Waals surface area contributed by atoms with E-state index in [2.05, 4.69) is 10.3 Å². The Morgan fingerprint density at radius 3 is 2.52 bits per heavy atom. The van der Waals surface area contributed by atoms with Gasteiger partial charge in [0.15, 0.2) is 6.61 Å². The van der Waals surface area contributed by atoms with Crippen molar-refractivity contribution in [3.05, 3.63) is 58.4 Å². The highest BCUT2D eigenvalue weighted by Gasteiger charge is 2.33. The van der Waals surface area contributed by atoms with Gasteiger partial charge >= 0.3 is 12.1 Å². The SMILES string of the molecule is CCOC(=O)N1CCN(C(=O)C(CCC(=O)O)NC(=O)c2cc(OCC(=O)N3CCCC3c3cccs3)c3ccccc3n2)CC1. The second kappa shape index (κ2) is 15.0. The van der Waals surface area contributed by atoms with E-state index in [-0.39, 0.29) is 69.9 Å². The summed E-state index contributed by atoms with van der Waals surface area (Å²) in [6.45, 7) is 3.28. The zero-order chi connectivity index (χ0) is 32.6. The third-order valence-electron chi connectivity index (χ3n) is 8.07. The van der Waals surface area contributed by atoms with E-state index in [1.54, 1.807) is 42.5 Å². The van der Waals surface area contributed by atoms with Crippen LogP contribution >= 0.6 is 11.3 Å². The molecular weight excluding hydrogens is 614 g/mol. The Balaban J connectivity index is 1.29. The van der Waals surface area contributed by atoms with E-state index in [4.69, 9.17) is 9.47 Å². The van der Waals surface area contributed by atoms with E-state index in [1.165, 1.54) is 15.9 Å². The molecule has 0 spiro atoms. The summed E-state index contributed by atoms with van der Waals surface area (Å²) >= 11 is 1.62. The average molecular weight is 652 g/mol. The lowest BCUT2D eigenvalue weighted by atomic mass is 10.1. The Hall–Kier alpha value is -4.72. The maximum absolute atomic E-state index is 13.5. The van der Waals surface area contributed by atoms with Crippen LogP contribution in [0.1, 0.15) is 54.0 Å². The molecule has 5 rings (SSSR count). The van der Waals surface area contributed by atoms with Gasteiger partial charge in [-0.3, -0.25) is 19.2 Å². The van der Waals surface area contributed by atoms with Gasteiger partial charge in [-0.2, -0.15) is 0 Å². The first-order chi connectivity index (χ1) is 22.2. The fourth-order valence-corrected chi connectivity index (χ4v) is 6.62. The van der Waals surface area contributed by atoms with Crippen molar-refractivity contribution in [2.24, 2.45) is 0 Å². The lowest BCUT2D eigenvalue weighted by Gasteiger charge is -2.35. The summed E-state index contributed by atoms with van der Waals surface area (Å²) in [4.78, 5) is 74.1. The van der Waals surface area contributed by atoms with Gasteiger partial charge in [0.2, 0.25) is 5.91 Å². The van der Waals surface area contributed by atoms with Crippen LogP contribution in [-0.4, -0.2) is 107 Å². The fraction of sp³-hybridized carbons (Fsp3) is 0.438. The number of hydrogen-bond acceptors (Lipinski definition) is 9. The number of carboxylic acids is 1. The van der Waals surface area contributed by atoms with Gasteiger partial charge in [0, 0.05) is 55.5 Å². The number of rotatable bonds is 11. The van der Waals surface area contributed by atoms with E-state index in [0.29, 0.717) is 23.2 Å². The maximum Gasteiger partial charge on any atom is 0.409 e. The summed E-state index contributed by atoms with van der Waals surface area (Å²) in [5.74, 6) is -2.12. The third kappa shape index (κ3) is 7.73. The average Bonchev–Trinajstić information content (AvgIpc) is 3.78. The molecule has 1 aromatic carbocycles. The lowest BCUT2D eigenvalue weighted by molar-refractivity contribution is -0.138. The van der Waals surface area contributed by atoms with Gasteiger partial charge in [0.25, 0.3) is 11.8 Å². The van der Waals surface area contributed by atoms with E-state index in [9.17, 15) is 29.1 Å². The van der Waals surface area contributed by atoms with Crippen molar-refractivity contribution < 1.29 is 38.6 Å². The minimum atomic E-state index is -1.14. The van der Waals surface area contributed by atoms with Gasteiger partial charge in [0.05, 0.1) is 18.2 Å². The molecule has 2 saturated heterocycles. The molecule has 0 saturated carbocycles. The first-order valence-electron chi connectivity index (χ1n) is 15.3. The molecule has 0 radical (unpaired) electrons. The molecule has 2 aromatic heterocycles. The van der Waals surface area contributed by atoms with Gasteiger partial charge < -0.3 is 34.6 Å². The standard InChI is InChI=1S/C32H37N5O8S/c1-2-44-32(43)36-16-14-35(15-17-36)31(42)23(11-12-29(39)40)34-30(41)24-19-26(21-7-3-4-8-22(21)33-24)45-20-28(38)37-13-5-9-25(37)27-10-6-18-46-27/h3-4,6-8,10,18-19,23,25H,2,5,9,11-17,20H2,1H3,(H,34,41)(H,39,40). The van der Waals surface area contributed by atoms with Crippen LogP contribution in [0.5, 0.6) is 5.75 Å². The molecule has 3 aromatic rings.